The second-order valence-corrected chi connectivity index (χ2v) is 7.34. The van der Waals surface area contributed by atoms with Crippen molar-refractivity contribution in [3.05, 3.63) is 111 Å². The Morgan fingerprint density at radius 2 is 1.55 bits per heavy atom. The van der Waals surface area contributed by atoms with Crippen molar-refractivity contribution in [1.82, 2.24) is 14.1 Å². The molecule has 8 heteroatoms. The molecule has 1 N–H and O–H groups in total. The lowest BCUT2D eigenvalue weighted by atomic mass is 10.1. The Kier molecular flexibility index (Phi) is 6.64. The molecule has 0 amide bonds. The van der Waals surface area contributed by atoms with E-state index in [1.165, 1.54) is 16.7 Å². The van der Waals surface area contributed by atoms with Gasteiger partial charge in [-0.15, -0.1) is 0 Å². The molecule has 0 unspecified atom stereocenters. The molecule has 7 nitrogen and oxygen atoms in total. The van der Waals surface area contributed by atoms with Crippen LogP contribution in [0.3, 0.4) is 0 Å². The summed E-state index contributed by atoms with van der Waals surface area (Å²) in [5.74, 6) is 1.19. The molecule has 0 aliphatic rings. The zero-order valence-corrected chi connectivity index (χ0v) is 18.1. The molecule has 3 aromatic carbocycles. The number of rotatable bonds is 8. The van der Waals surface area contributed by atoms with Gasteiger partial charge in [0.15, 0.2) is 0 Å². The van der Waals surface area contributed by atoms with Crippen LogP contribution in [0.1, 0.15) is 12.5 Å². The molecule has 0 radical (unpaired) electrons. The average Bonchev–Trinajstić information content (AvgIpc) is 2.82. The van der Waals surface area contributed by atoms with E-state index in [4.69, 9.17) is 4.74 Å². The second-order valence-electron chi connectivity index (χ2n) is 7.34. The van der Waals surface area contributed by atoms with Crippen LogP contribution in [-0.4, -0.2) is 14.1 Å². The molecule has 0 fully saturated rings. The molecule has 33 heavy (non-hydrogen) atoms. The number of halogens is 1. The normalized spacial score (nSPS) is 10.7. The van der Waals surface area contributed by atoms with E-state index in [1.54, 1.807) is 43.3 Å². The molecule has 1 aromatic heterocycles. The molecule has 168 valence electrons. The SMILES string of the molecule is CCn1c(=O)nc(Nc2ccc(Oc3ccccc3)cc2)n(CCc2ccc(F)cc2)c1=O. The van der Waals surface area contributed by atoms with Crippen molar-refractivity contribution in [1.29, 1.82) is 0 Å². The van der Waals surface area contributed by atoms with E-state index in [2.05, 4.69) is 10.3 Å². The molecule has 0 bridgehead atoms. The molecular weight excluding hydrogens is 423 g/mol. The number of aromatic nitrogens is 3. The van der Waals surface area contributed by atoms with Crippen LogP contribution in [0.25, 0.3) is 0 Å². The number of hydrogen-bond acceptors (Lipinski definition) is 5. The molecule has 0 spiro atoms. The van der Waals surface area contributed by atoms with E-state index >= 15 is 0 Å². The number of para-hydroxylation sites is 1. The largest absolute Gasteiger partial charge is 0.457 e. The monoisotopic (exact) mass is 446 g/mol. The molecule has 0 aliphatic carbocycles. The Morgan fingerprint density at radius 3 is 2.21 bits per heavy atom. The lowest BCUT2D eigenvalue weighted by molar-refractivity contribution is 0.483. The lowest BCUT2D eigenvalue weighted by Crippen LogP contribution is -2.42. The molecule has 1 heterocycles. The van der Waals surface area contributed by atoms with Crippen molar-refractivity contribution in [2.75, 3.05) is 5.32 Å². The van der Waals surface area contributed by atoms with E-state index in [1.807, 2.05) is 30.3 Å². The first kappa shape index (κ1) is 22.0. The summed E-state index contributed by atoms with van der Waals surface area (Å²) in [5.41, 5.74) is 0.440. The first-order valence-corrected chi connectivity index (χ1v) is 10.6. The molecule has 0 atom stereocenters. The maximum absolute atomic E-state index is 13.2. The van der Waals surface area contributed by atoms with E-state index in [9.17, 15) is 14.0 Å². The standard InChI is InChI=1S/C25H23FN4O3/c1-2-29-24(31)28-23(30(25(29)32)17-16-18-8-10-19(26)11-9-18)27-20-12-14-22(15-13-20)33-21-6-4-3-5-7-21/h3-15H,2,16-17H2,1H3,(H,27,28,31). The van der Waals surface area contributed by atoms with Crippen LogP contribution in [0, 0.1) is 5.82 Å². The Hall–Kier alpha value is -4.20. The number of anilines is 2. The first-order valence-electron chi connectivity index (χ1n) is 10.6. The Bertz CT molecular complexity index is 1330. The van der Waals surface area contributed by atoms with Gasteiger partial charge in [0.05, 0.1) is 0 Å². The van der Waals surface area contributed by atoms with E-state index < -0.39 is 11.4 Å². The van der Waals surface area contributed by atoms with Crippen molar-refractivity contribution in [2.45, 2.75) is 26.4 Å². The number of aryl methyl sites for hydroxylation is 1. The number of nitrogens with zero attached hydrogens (tertiary/aromatic N) is 3. The predicted molar refractivity (Wildman–Crippen MR) is 125 cm³/mol. The molecular formula is C25H23FN4O3. The number of ether oxygens (including phenoxy) is 1. The maximum Gasteiger partial charge on any atom is 0.354 e. The van der Waals surface area contributed by atoms with Crippen LogP contribution in [-0.2, 0) is 19.5 Å². The van der Waals surface area contributed by atoms with Gasteiger partial charge in [-0.2, -0.15) is 4.98 Å². The van der Waals surface area contributed by atoms with Crippen LogP contribution in [0.15, 0.2) is 88.5 Å². The zero-order chi connectivity index (χ0) is 23.2. The summed E-state index contributed by atoms with van der Waals surface area (Å²) in [6.07, 6.45) is 0.475. The Morgan fingerprint density at radius 1 is 0.879 bits per heavy atom. The first-order chi connectivity index (χ1) is 16.0. The summed E-state index contributed by atoms with van der Waals surface area (Å²) in [5, 5.41) is 3.06. The average molecular weight is 446 g/mol. The molecule has 0 saturated carbocycles. The highest BCUT2D eigenvalue weighted by Gasteiger charge is 2.13. The van der Waals surface area contributed by atoms with Crippen LogP contribution in [0.4, 0.5) is 16.0 Å². The second kappa shape index (κ2) is 9.95. The highest BCUT2D eigenvalue weighted by atomic mass is 19.1. The van der Waals surface area contributed by atoms with Gasteiger partial charge in [-0.3, -0.25) is 4.57 Å². The quantitative estimate of drug-likeness (QED) is 0.436. The molecule has 4 rings (SSSR count). The molecule has 4 aromatic rings. The van der Waals surface area contributed by atoms with Gasteiger partial charge < -0.3 is 10.1 Å². The lowest BCUT2D eigenvalue weighted by Gasteiger charge is -2.15. The fourth-order valence-electron chi connectivity index (χ4n) is 3.35. The topological polar surface area (TPSA) is 78.2 Å². The number of nitrogens with one attached hydrogen (secondary N) is 1. The van der Waals surface area contributed by atoms with E-state index in [-0.39, 0.29) is 24.9 Å². The third-order valence-corrected chi connectivity index (χ3v) is 5.09. The van der Waals surface area contributed by atoms with Crippen molar-refractivity contribution < 1.29 is 9.13 Å². The summed E-state index contributed by atoms with van der Waals surface area (Å²) in [6.45, 7) is 2.20. The smallest absolute Gasteiger partial charge is 0.354 e. The highest BCUT2D eigenvalue weighted by molar-refractivity contribution is 5.55. The minimum atomic E-state index is -0.618. The fourth-order valence-corrected chi connectivity index (χ4v) is 3.35. The summed E-state index contributed by atoms with van der Waals surface area (Å²) >= 11 is 0. The van der Waals surface area contributed by atoms with Crippen LogP contribution in [0.5, 0.6) is 11.5 Å². The van der Waals surface area contributed by atoms with Crippen LogP contribution in [0.2, 0.25) is 0 Å². The third kappa shape index (κ3) is 5.35. The van der Waals surface area contributed by atoms with Crippen molar-refractivity contribution >= 4 is 11.6 Å². The van der Waals surface area contributed by atoms with Gasteiger partial charge in [0.1, 0.15) is 17.3 Å². The number of benzene rings is 3. The fraction of sp³-hybridized carbons (Fsp3) is 0.160. The van der Waals surface area contributed by atoms with Gasteiger partial charge in [0, 0.05) is 18.8 Å². The van der Waals surface area contributed by atoms with Gasteiger partial charge in [-0.1, -0.05) is 30.3 Å². The van der Waals surface area contributed by atoms with Gasteiger partial charge in [0.2, 0.25) is 5.95 Å². The minimum Gasteiger partial charge on any atom is -0.457 e. The van der Waals surface area contributed by atoms with E-state index in [0.29, 0.717) is 17.9 Å². The third-order valence-electron chi connectivity index (χ3n) is 5.09. The van der Waals surface area contributed by atoms with E-state index in [0.717, 1.165) is 15.9 Å². The molecule has 0 aliphatic heterocycles. The summed E-state index contributed by atoms with van der Waals surface area (Å²) in [4.78, 5) is 29.4. The van der Waals surface area contributed by atoms with Crippen molar-refractivity contribution in [2.24, 2.45) is 0 Å². The maximum atomic E-state index is 13.2. The number of hydrogen-bond donors (Lipinski definition) is 1. The predicted octanol–water partition coefficient (Wildman–Crippen LogP) is 4.34. The minimum absolute atomic E-state index is 0.147. The Balaban J connectivity index is 1.57. The summed E-state index contributed by atoms with van der Waals surface area (Å²) in [7, 11) is 0. The van der Waals surface area contributed by atoms with Gasteiger partial charge in [0.25, 0.3) is 0 Å². The zero-order valence-electron chi connectivity index (χ0n) is 18.1. The van der Waals surface area contributed by atoms with Gasteiger partial charge in [-0.25, -0.2) is 18.5 Å². The molecule has 0 saturated heterocycles. The van der Waals surface area contributed by atoms with Gasteiger partial charge >= 0.3 is 11.4 Å². The van der Waals surface area contributed by atoms with Crippen molar-refractivity contribution in [3.8, 4) is 11.5 Å². The summed E-state index contributed by atoms with van der Waals surface area (Å²) in [6, 6.07) is 22.6. The van der Waals surface area contributed by atoms with Gasteiger partial charge in [-0.05, 0) is 67.4 Å². The highest BCUT2D eigenvalue weighted by Crippen LogP contribution is 2.23. The summed E-state index contributed by atoms with van der Waals surface area (Å²) < 4.78 is 21.5. The Labute approximate surface area is 189 Å². The van der Waals surface area contributed by atoms with Crippen molar-refractivity contribution in [3.63, 3.8) is 0 Å². The van der Waals surface area contributed by atoms with Crippen LogP contribution >= 0.6 is 0 Å². The van der Waals surface area contributed by atoms with Crippen LogP contribution < -0.4 is 21.4 Å².